The van der Waals surface area contributed by atoms with Gasteiger partial charge in [-0.1, -0.05) is 6.92 Å². The van der Waals surface area contributed by atoms with Crippen LogP contribution in [0.2, 0.25) is 0 Å². The molecule has 7 nitrogen and oxygen atoms in total. The molecular formula is C12H20N4O3S. The van der Waals surface area contributed by atoms with Crippen LogP contribution in [0.25, 0.3) is 0 Å². The summed E-state index contributed by atoms with van der Waals surface area (Å²) in [5.41, 5.74) is 6.76. The van der Waals surface area contributed by atoms with Crippen LogP contribution in [-0.2, 0) is 14.8 Å². The van der Waals surface area contributed by atoms with Gasteiger partial charge in [-0.2, -0.15) is 0 Å². The Hall–Kier alpha value is -1.80. The van der Waals surface area contributed by atoms with E-state index in [9.17, 15) is 13.2 Å². The van der Waals surface area contributed by atoms with Crippen molar-refractivity contribution in [2.75, 3.05) is 30.8 Å². The number of nitrogen functional groups attached to an aromatic ring is 1. The van der Waals surface area contributed by atoms with Gasteiger partial charge in [0.25, 0.3) is 0 Å². The van der Waals surface area contributed by atoms with Crippen molar-refractivity contribution in [2.24, 2.45) is 5.14 Å². The molecule has 0 bridgehead atoms. The summed E-state index contributed by atoms with van der Waals surface area (Å²) < 4.78 is 22.8. The standard InChI is InChI=1S/C12H20N4O3S/c1-3-6-16(8-12(17)15-2)11-7-9(20(14,18)19)4-5-10(11)13/h4-5,7H,3,6,8,13H2,1-2H3,(H,15,17)(H2,14,18,19). The molecular weight excluding hydrogens is 280 g/mol. The maximum absolute atomic E-state index is 11.5. The second-order valence-corrected chi connectivity index (χ2v) is 5.92. The molecule has 0 heterocycles. The van der Waals surface area contributed by atoms with Crippen LogP contribution in [0.3, 0.4) is 0 Å². The van der Waals surface area contributed by atoms with Crippen molar-refractivity contribution in [1.29, 1.82) is 0 Å². The summed E-state index contributed by atoms with van der Waals surface area (Å²) in [7, 11) is -2.27. The van der Waals surface area contributed by atoms with Gasteiger partial charge in [0.15, 0.2) is 0 Å². The van der Waals surface area contributed by atoms with Gasteiger partial charge in [0, 0.05) is 13.6 Å². The van der Waals surface area contributed by atoms with Crippen molar-refractivity contribution in [3.63, 3.8) is 0 Å². The molecule has 0 spiro atoms. The number of nitrogens with two attached hydrogens (primary N) is 2. The molecule has 20 heavy (non-hydrogen) atoms. The quantitative estimate of drug-likeness (QED) is 0.633. The molecule has 1 amide bonds. The van der Waals surface area contributed by atoms with Crippen LogP contribution in [0, 0.1) is 0 Å². The van der Waals surface area contributed by atoms with E-state index in [4.69, 9.17) is 10.9 Å². The van der Waals surface area contributed by atoms with Gasteiger partial charge >= 0.3 is 0 Å². The monoisotopic (exact) mass is 300 g/mol. The fraction of sp³-hybridized carbons (Fsp3) is 0.417. The van der Waals surface area contributed by atoms with Gasteiger partial charge in [0.2, 0.25) is 15.9 Å². The smallest absolute Gasteiger partial charge is 0.239 e. The lowest BCUT2D eigenvalue weighted by molar-refractivity contribution is -0.119. The summed E-state index contributed by atoms with van der Waals surface area (Å²) in [6.45, 7) is 2.63. The molecule has 0 fully saturated rings. The first kappa shape index (κ1) is 16.3. The lowest BCUT2D eigenvalue weighted by Gasteiger charge is -2.25. The van der Waals surface area contributed by atoms with Gasteiger partial charge < -0.3 is 16.0 Å². The Morgan fingerprint density at radius 2 is 2.05 bits per heavy atom. The zero-order valence-electron chi connectivity index (χ0n) is 11.6. The Labute approximate surface area is 119 Å². The third-order valence-electron chi connectivity index (χ3n) is 2.78. The van der Waals surface area contributed by atoms with E-state index >= 15 is 0 Å². The highest BCUT2D eigenvalue weighted by molar-refractivity contribution is 7.89. The molecule has 1 rings (SSSR count). The van der Waals surface area contributed by atoms with Crippen LogP contribution >= 0.6 is 0 Å². The van der Waals surface area contributed by atoms with Gasteiger partial charge in [-0.25, -0.2) is 13.6 Å². The zero-order chi connectivity index (χ0) is 15.3. The highest BCUT2D eigenvalue weighted by Gasteiger charge is 2.16. The SMILES string of the molecule is CCCN(CC(=O)NC)c1cc(S(N)(=O)=O)ccc1N. The normalized spacial score (nSPS) is 11.2. The molecule has 5 N–H and O–H groups in total. The number of carbonyl (C=O) groups is 1. The maximum Gasteiger partial charge on any atom is 0.239 e. The Balaban J connectivity index is 3.21. The van der Waals surface area contributed by atoms with Crippen molar-refractivity contribution < 1.29 is 13.2 Å². The summed E-state index contributed by atoms with van der Waals surface area (Å²) in [5.74, 6) is -0.182. The van der Waals surface area contributed by atoms with E-state index in [0.717, 1.165) is 6.42 Å². The lowest BCUT2D eigenvalue weighted by atomic mass is 10.2. The molecule has 0 unspecified atom stereocenters. The van der Waals surface area contributed by atoms with Gasteiger partial charge in [-0.05, 0) is 24.6 Å². The van der Waals surface area contributed by atoms with Crippen LogP contribution in [0.4, 0.5) is 11.4 Å². The minimum atomic E-state index is -3.81. The lowest BCUT2D eigenvalue weighted by Crippen LogP contribution is -2.36. The number of likely N-dealkylation sites (N-methyl/N-ethyl adjacent to an activating group) is 1. The molecule has 0 radical (unpaired) electrons. The molecule has 0 aliphatic carbocycles. The first-order chi connectivity index (χ1) is 9.29. The van der Waals surface area contributed by atoms with Crippen molar-refractivity contribution >= 4 is 27.3 Å². The third kappa shape index (κ3) is 4.10. The zero-order valence-corrected chi connectivity index (χ0v) is 12.4. The Bertz CT molecular complexity index is 586. The van der Waals surface area contributed by atoms with Crippen molar-refractivity contribution in [2.45, 2.75) is 18.2 Å². The van der Waals surface area contributed by atoms with E-state index in [2.05, 4.69) is 5.32 Å². The predicted molar refractivity (Wildman–Crippen MR) is 78.8 cm³/mol. The number of hydrogen-bond acceptors (Lipinski definition) is 5. The average molecular weight is 300 g/mol. The molecule has 0 atom stereocenters. The highest BCUT2D eigenvalue weighted by Crippen LogP contribution is 2.26. The molecule has 0 aliphatic rings. The average Bonchev–Trinajstić information content (AvgIpc) is 2.37. The van der Waals surface area contributed by atoms with Crippen LogP contribution in [0.1, 0.15) is 13.3 Å². The Morgan fingerprint density at radius 3 is 2.55 bits per heavy atom. The largest absolute Gasteiger partial charge is 0.397 e. The topological polar surface area (TPSA) is 119 Å². The Morgan fingerprint density at radius 1 is 1.40 bits per heavy atom. The van der Waals surface area contributed by atoms with Crippen LogP contribution in [0.15, 0.2) is 23.1 Å². The van der Waals surface area contributed by atoms with Gasteiger partial charge in [-0.3, -0.25) is 4.79 Å². The van der Waals surface area contributed by atoms with E-state index in [1.807, 2.05) is 6.92 Å². The minimum Gasteiger partial charge on any atom is -0.397 e. The second-order valence-electron chi connectivity index (χ2n) is 4.36. The minimum absolute atomic E-state index is 0.0280. The number of amides is 1. The number of hydrogen-bond donors (Lipinski definition) is 3. The van der Waals surface area contributed by atoms with Crippen molar-refractivity contribution in [3.8, 4) is 0 Å². The Kier molecular flexibility index (Phi) is 5.34. The summed E-state index contributed by atoms with van der Waals surface area (Å²) in [6, 6.07) is 4.21. The van der Waals surface area contributed by atoms with E-state index in [1.165, 1.54) is 25.2 Å². The summed E-state index contributed by atoms with van der Waals surface area (Å²) in [6.07, 6.45) is 0.788. The van der Waals surface area contributed by atoms with Crippen molar-refractivity contribution in [1.82, 2.24) is 5.32 Å². The summed E-state index contributed by atoms with van der Waals surface area (Å²) in [5, 5.41) is 7.63. The number of nitrogens with zero attached hydrogens (tertiary/aromatic N) is 1. The number of rotatable bonds is 6. The van der Waals surface area contributed by atoms with E-state index < -0.39 is 10.0 Å². The van der Waals surface area contributed by atoms with Crippen LogP contribution < -0.4 is 21.1 Å². The van der Waals surface area contributed by atoms with E-state index in [0.29, 0.717) is 17.9 Å². The predicted octanol–water partition coefficient (Wildman–Crippen LogP) is -0.121. The second kappa shape index (κ2) is 6.58. The van der Waals surface area contributed by atoms with E-state index in [-0.39, 0.29) is 17.3 Å². The number of anilines is 2. The number of primary sulfonamides is 1. The highest BCUT2D eigenvalue weighted by atomic mass is 32.2. The fourth-order valence-electron chi connectivity index (χ4n) is 1.78. The molecule has 112 valence electrons. The van der Waals surface area contributed by atoms with Crippen LogP contribution in [-0.4, -0.2) is 34.5 Å². The molecule has 0 saturated carbocycles. The summed E-state index contributed by atoms with van der Waals surface area (Å²) in [4.78, 5) is 13.2. The molecule has 1 aromatic rings. The van der Waals surface area contributed by atoms with Gasteiger partial charge in [0.05, 0.1) is 22.8 Å². The number of nitrogens with one attached hydrogen (secondary N) is 1. The fourth-order valence-corrected chi connectivity index (χ4v) is 2.31. The molecule has 8 heteroatoms. The number of sulfonamides is 1. The van der Waals surface area contributed by atoms with Gasteiger partial charge in [-0.15, -0.1) is 0 Å². The molecule has 0 saturated heterocycles. The number of benzene rings is 1. The number of carbonyl (C=O) groups excluding carboxylic acids is 1. The molecule has 0 aromatic heterocycles. The van der Waals surface area contributed by atoms with Crippen molar-refractivity contribution in [3.05, 3.63) is 18.2 Å². The summed E-state index contributed by atoms with van der Waals surface area (Å²) >= 11 is 0. The van der Waals surface area contributed by atoms with Crippen LogP contribution in [0.5, 0.6) is 0 Å². The third-order valence-corrected chi connectivity index (χ3v) is 3.69. The molecule has 1 aromatic carbocycles. The molecule has 0 aliphatic heterocycles. The maximum atomic E-state index is 11.5. The first-order valence-corrected chi connectivity index (χ1v) is 7.72. The first-order valence-electron chi connectivity index (χ1n) is 6.17. The van der Waals surface area contributed by atoms with E-state index in [1.54, 1.807) is 4.90 Å². The van der Waals surface area contributed by atoms with Gasteiger partial charge in [0.1, 0.15) is 0 Å².